The quantitative estimate of drug-likeness (QED) is 0.0812. The summed E-state index contributed by atoms with van der Waals surface area (Å²) in [5, 5.41) is 17.2. The predicted molar refractivity (Wildman–Crippen MR) is 147 cm³/mol. The van der Waals surface area contributed by atoms with Gasteiger partial charge in [0.15, 0.2) is 0 Å². The number of unbranched alkanes of at least 4 members (excludes halogenated alkanes) is 3. The zero-order valence-corrected chi connectivity index (χ0v) is 21.8. The molecule has 5 N–H and O–H groups in total. The number of halogens is 1. The second kappa shape index (κ2) is 15.1. The van der Waals surface area contributed by atoms with Crippen molar-refractivity contribution in [2.45, 2.75) is 32.1 Å². The van der Waals surface area contributed by atoms with E-state index in [1.54, 1.807) is 54.0 Å². The molecule has 2 aromatic carbocycles. The van der Waals surface area contributed by atoms with Crippen LogP contribution in [0, 0.1) is 0 Å². The SMILES string of the molecule is C=CC(=O)Nc1cccc(Oc2nc(Nc3ccc(C(=O)NCCCCCCC(=O)NO)cc3)ncc2Cl)c1. The molecule has 0 aliphatic heterocycles. The smallest absolute Gasteiger partial charge is 0.251 e. The molecule has 0 saturated carbocycles. The van der Waals surface area contributed by atoms with Gasteiger partial charge in [0.1, 0.15) is 10.8 Å². The molecule has 0 spiro atoms. The van der Waals surface area contributed by atoms with E-state index in [0.717, 1.165) is 19.3 Å². The number of anilines is 3. The van der Waals surface area contributed by atoms with Gasteiger partial charge >= 0.3 is 0 Å². The number of aromatic nitrogens is 2. The summed E-state index contributed by atoms with van der Waals surface area (Å²) in [5.74, 6) is -0.163. The number of carbonyl (C=O) groups is 3. The van der Waals surface area contributed by atoms with Crippen molar-refractivity contribution < 1.29 is 24.3 Å². The first kappa shape index (κ1) is 29.1. The molecule has 0 atom stereocenters. The maximum atomic E-state index is 12.4. The maximum absolute atomic E-state index is 12.4. The Kier molecular flexibility index (Phi) is 11.2. The summed E-state index contributed by atoms with van der Waals surface area (Å²) in [4.78, 5) is 43.4. The van der Waals surface area contributed by atoms with Crippen LogP contribution in [0.25, 0.3) is 0 Å². The molecule has 1 aromatic heterocycles. The highest BCUT2D eigenvalue weighted by Gasteiger charge is 2.11. The molecule has 11 nitrogen and oxygen atoms in total. The average molecular weight is 553 g/mol. The van der Waals surface area contributed by atoms with Gasteiger partial charge in [-0.25, -0.2) is 10.5 Å². The van der Waals surface area contributed by atoms with Crippen LogP contribution in [0.1, 0.15) is 42.5 Å². The lowest BCUT2D eigenvalue weighted by molar-refractivity contribution is -0.129. The zero-order chi connectivity index (χ0) is 28.0. The Morgan fingerprint density at radius 3 is 2.54 bits per heavy atom. The highest BCUT2D eigenvalue weighted by molar-refractivity contribution is 6.31. The van der Waals surface area contributed by atoms with Crippen molar-refractivity contribution in [2.75, 3.05) is 17.2 Å². The Labute approximate surface area is 230 Å². The third-order valence-corrected chi connectivity index (χ3v) is 5.62. The molecule has 0 aliphatic carbocycles. The van der Waals surface area contributed by atoms with E-state index >= 15 is 0 Å². The molecule has 39 heavy (non-hydrogen) atoms. The highest BCUT2D eigenvalue weighted by atomic mass is 35.5. The molecule has 12 heteroatoms. The number of rotatable bonds is 14. The lowest BCUT2D eigenvalue weighted by Crippen LogP contribution is -2.24. The minimum absolute atomic E-state index is 0.119. The van der Waals surface area contributed by atoms with Crippen LogP contribution in [-0.2, 0) is 9.59 Å². The normalized spacial score (nSPS) is 10.3. The lowest BCUT2D eigenvalue weighted by Gasteiger charge is -2.11. The van der Waals surface area contributed by atoms with Gasteiger partial charge in [-0.1, -0.05) is 37.1 Å². The molecule has 0 bridgehead atoms. The van der Waals surface area contributed by atoms with Gasteiger partial charge in [-0.15, -0.1) is 0 Å². The van der Waals surface area contributed by atoms with Crippen LogP contribution in [0.2, 0.25) is 5.02 Å². The summed E-state index contributed by atoms with van der Waals surface area (Å²) < 4.78 is 5.80. The molecular weight excluding hydrogens is 524 g/mol. The second-order valence-corrected chi connectivity index (χ2v) is 8.73. The highest BCUT2D eigenvalue weighted by Crippen LogP contribution is 2.29. The first-order valence-electron chi connectivity index (χ1n) is 12.2. The number of benzene rings is 2. The number of nitrogens with one attached hydrogen (secondary N) is 4. The van der Waals surface area contributed by atoms with Crippen molar-refractivity contribution in [3.63, 3.8) is 0 Å². The van der Waals surface area contributed by atoms with Gasteiger partial charge < -0.3 is 20.7 Å². The molecule has 0 aliphatic rings. The average Bonchev–Trinajstić information content (AvgIpc) is 2.94. The van der Waals surface area contributed by atoms with E-state index in [-0.39, 0.29) is 35.1 Å². The van der Waals surface area contributed by atoms with E-state index in [0.29, 0.717) is 35.7 Å². The first-order valence-corrected chi connectivity index (χ1v) is 12.6. The number of hydrogen-bond donors (Lipinski definition) is 5. The Morgan fingerprint density at radius 2 is 1.79 bits per heavy atom. The third-order valence-electron chi connectivity index (χ3n) is 5.36. The molecular formula is C27H29ClN6O5. The Balaban J connectivity index is 1.51. The minimum atomic E-state index is -0.393. The third kappa shape index (κ3) is 9.72. The maximum Gasteiger partial charge on any atom is 0.251 e. The fraction of sp³-hybridized carbons (Fsp3) is 0.222. The molecule has 0 fully saturated rings. The summed E-state index contributed by atoms with van der Waals surface area (Å²) in [6, 6.07) is 13.5. The summed E-state index contributed by atoms with van der Waals surface area (Å²) >= 11 is 6.22. The number of carbonyl (C=O) groups excluding carboxylic acids is 3. The van der Waals surface area contributed by atoms with Crippen molar-refractivity contribution in [3.05, 3.63) is 78.0 Å². The fourth-order valence-electron chi connectivity index (χ4n) is 3.38. The topological polar surface area (TPSA) is 155 Å². The molecule has 3 amide bonds. The van der Waals surface area contributed by atoms with Crippen molar-refractivity contribution in [1.29, 1.82) is 0 Å². The van der Waals surface area contributed by atoms with Crippen LogP contribution in [0.3, 0.4) is 0 Å². The van der Waals surface area contributed by atoms with Gasteiger partial charge in [0.05, 0.1) is 6.20 Å². The largest absolute Gasteiger partial charge is 0.437 e. The van der Waals surface area contributed by atoms with Gasteiger partial charge in [0, 0.05) is 36.0 Å². The molecule has 3 rings (SSSR count). The second-order valence-electron chi connectivity index (χ2n) is 8.33. The molecule has 204 valence electrons. The van der Waals surface area contributed by atoms with E-state index in [4.69, 9.17) is 21.5 Å². The van der Waals surface area contributed by atoms with Gasteiger partial charge in [0.25, 0.3) is 5.91 Å². The van der Waals surface area contributed by atoms with Gasteiger partial charge in [-0.05, 0) is 55.3 Å². The Bertz CT molecular complexity index is 1300. The first-order chi connectivity index (χ1) is 18.9. The summed E-state index contributed by atoms with van der Waals surface area (Å²) in [7, 11) is 0. The van der Waals surface area contributed by atoms with Crippen LogP contribution in [-0.4, -0.2) is 39.4 Å². The van der Waals surface area contributed by atoms with Gasteiger partial charge in [-0.2, -0.15) is 4.98 Å². The Hall–Kier alpha value is -4.48. The summed E-state index contributed by atoms with van der Waals surface area (Å²) in [6.07, 6.45) is 6.03. The monoisotopic (exact) mass is 552 g/mol. The zero-order valence-electron chi connectivity index (χ0n) is 21.1. The van der Waals surface area contributed by atoms with Crippen LogP contribution in [0.15, 0.2) is 67.4 Å². The summed E-state index contributed by atoms with van der Waals surface area (Å²) in [6.45, 7) is 3.95. The van der Waals surface area contributed by atoms with Crippen LogP contribution in [0.4, 0.5) is 17.3 Å². The van der Waals surface area contributed by atoms with Crippen molar-refractivity contribution >= 4 is 46.6 Å². The van der Waals surface area contributed by atoms with E-state index in [1.807, 2.05) is 0 Å². The Morgan fingerprint density at radius 1 is 1.03 bits per heavy atom. The standard InChI is InChI=1S/C27H29ClN6O5/c1-2-23(35)31-20-8-7-9-21(16-20)39-26-22(28)17-30-27(33-26)32-19-13-11-18(12-14-19)25(37)29-15-6-4-3-5-10-24(36)34-38/h2,7-9,11-14,16-17,38H,1,3-6,10,15H2,(H,29,37)(H,31,35)(H,34,36)(H,30,32,33). The number of hydrogen-bond acceptors (Lipinski definition) is 8. The van der Waals surface area contributed by atoms with Crippen molar-refractivity contribution in [3.8, 4) is 11.6 Å². The molecule has 0 unspecified atom stereocenters. The van der Waals surface area contributed by atoms with Gasteiger partial charge in [-0.3, -0.25) is 19.6 Å². The number of amides is 3. The minimum Gasteiger partial charge on any atom is -0.437 e. The van der Waals surface area contributed by atoms with Crippen LogP contribution < -0.4 is 26.2 Å². The lowest BCUT2D eigenvalue weighted by atomic mass is 10.1. The van der Waals surface area contributed by atoms with Gasteiger partial charge in [0.2, 0.25) is 23.6 Å². The predicted octanol–water partition coefficient (Wildman–Crippen LogP) is 4.98. The van der Waals surface area contributed by atoms with E-state index in [2.05, 4.69) is 32.5 Å². The molecule has 0 radical (unpaired) electrons. The fourth-order valence-corrected chi connectivity index (χ4v) is 3.51. The van der Waals surface area contributed by atoms with E-state index < -0.39 is 5.91 Å². The van der Waals surface area contributed by atoms with E-state index in [9.17, 15) is 14.4 Å². The number of ether oxygens (including phenoxy) is 1. The molecule has 1 heterocycles. The summed E-state index contributed by atoms with van der Waals surface area (Å²) in [5.41, 5.74) is 3.29. The number of nitrogens with zero attached hydrogens (tertiary/aromatic N) is 2. The molecule has 0 saturated heterocycles. The van der Waals surface area contributed by atoms with Crippen LogP contribution >= 0.6 is 11.6 Å². The number of hydroxylamine groups is 1. The van der Waals surface area contributed by atoms with Crippen molar-refractivity contribution in [2.24, 2.45) is 0 Å². The van der Waals surface area contributed by atoms with E-state index in [1.165, 1.54) is 12.3 Å². The van der Waals surface area contributed by atoms with Crippen LogP contribution in [0.5, 0.6) is 11.6 Å². The van der Waals surface area contributed by atoms with Crippen molar-refractivity contribution in [1.82, 2.24) is 20.8 Å². The molecule has 3 aromatic rings.